The van der Waals surface area contributed by atoms with Gasteiger partial charge in [0.05, 0.1) is 17.8 Å². The summed E-state index contributed by atoms with van der Waals surface area (Å²) in [6, 6.07) is 28.3. The highest BCUT2D eigenvalue weighted by atomic mass is 16.5. The van der Waals surface area contributed by atoms with E-state index in [9.17, 15) is 14.4 Å². The molecule has 0 aliphatic rings. The van der Waals surface area contributed by atoms with Crippen LogP contribution in [0.3, 0.4) is 0 Å². The molecular formula is C29H27N3O4. The summed E-state index contributed by atoms with van der Waals surface area (Å²) in [4.78, 5) is 36.5. The van der Waals surface area contributed by atoms with E-state index >= 15 is 0 Å². The van der Waals surface area contributed by atoms with E-state index in [0.29, 0.717) is 5.56 Å². The molecule has 0 spiro atoms. The maximum absolute atomic E-state index is 12.3. The summed E-state index contributed by atoms with van der Waals surface area (Å²) in [5.74, 6) is -0.792. The van der Waals surface area contributed by atoms with E-state index in [0.717, 1.165) is 22.5 Å². The number of Topliss-reactive ketones (excluding diaryl/α,β-unsaturated/α-hetero) is 1. The molecule has 7 nitrogen and oxygen atoms in total. The quantitative estimate of drug-likeness (QED) is 0.247. The van der Waals surface area contributed by atoms with Crippen LogP contribution in [0.2, 0.25) is 0 Å². The number of ether oxygens (including phenoxy) is 1. The molecule has 7 heteroatoms. The molecule has 1 amide bonds. The summed E-state index contributed by atoms with van der Waals surface area (Å²) in [5.41, 5.74) is 3.93. The highest BCUT2D eigenvalue weighted by Crippen LogP contribution is 2.24. The molecule has 1 aromatic heterocycles. The lowest BCUT2D eigenvalue weighted by atomic mass is 10.1. The molecule has 0 aliphatic heterocycles. The van der Waals surface area contributed by atoms with Gasteiger partial charge in [0.25, 0.3) is 0 Å². The molecule has 0 bridgehead atoms. The predicted molar refractivity (Wildman–Crippen MR) is 136 cm³/mol. The van der Waals surface area contributed by atoms with Gasteiger partial charge in [-0.25, -0.2) is 4.68 Å². The van der Waals surface area contributed by atoms with Crippen LogP contribution in [0.15, 0.2) is 97.2 Å². The van der Waals surface area contributed by atoms with Crippen molar-refractivity contribution in [3.63, 3.8) is 0 Å². The summed E-state index contributed by atoms with van der Waals surface area (Å²) in [6.07, 6.45) is 2.08. The van der Waals surface area contributed by atoms with Crippen LogP contribution in [-0.4, -0.2) is 34.0 Å². The number of hydrogen-bond acceptors (Lipinski definition) is 5. The zero-order valence-corrected chi connectivity index (χ0v) is 19.8. The standard InChI is InChI=1S/C29H27N3O4/c33-26(22-10-4-1-5-11-22)16-17-27(34)30-19-18-28(35)36-21-24-20-32(25-14-8-3-9-15-25)31-29(24)23-12-6-2-7-13-23/h1-15,20H,16-19,21H2,(H,30,34). The average Bonchev–Trinajstić information content (AvgIpc) is 3.36. The first-order valence-electron chi connectivity index (χ1n) is 11.8. The van der Waals surface area contributed by atoms with Gasteiger partial charge in [0.2, 0.25) is 5.91 Å². The first kappa shape index (κ1) is 24.6. The van der Waals surface area contributed by atoms with Crippen LogP contribution < -0.4 is 5.32 Å². The molecule has 0 saturated carbocycles. The minimum absolute atomic E-state index is 0.0336. The first-order chi connectivity index (χ1) is 17.6. The highest BCUT2D eigenvalue weighted by molar-refractivity contribution is 5.97. The van der Waals surface area contributed by atoms with Crippen molar-refractivity contribution in [2.45, 2.75) is 25.9 Å². The second-order valence-electron chi connectivity index (χ2n) is 8.20. The van der Waals surface area contributed by atoms with Crippen LogP contribution >= 0.6 is 0 Å². The van der Waals surface area contributed by atoms with E-state index in [-0.39, 0.29) is 44.1 Å². The number of amides is 1. The Morgan fingerprint density at radius 3 is 2.11 bits per heavy atom. The molecule has 1 N–H and O–H groups in total. The van der Waals surface area contributed by atoms with Crippen LogP contribution in [-0.2, 0) is 20.9 Å². The van der Waals surface area contributed by atoms with Gasteiger partial charge < -0.3 is 10.1 Å². The monoisotopic (exact) mass is 481 g/mol. The van der Waals surface area contributed by atoms with E-state index in [1.165, 1.54) is 0 Å². The number of benzene rings is 3. The molecule has 0 saturated heterocycles. The number of para-hydroxylation sites is 1. The van der Waals surface area contributed by atoms with Crippen LogP contribution in [0, 0.1) is 0 Å². The number of nitrogens with zero attached hydrogens (tertiary/aromatic N) is 2. The third kappa shape index (κ3) is 6.76. The number of aromatic nitrogens is 2. The number of rotatable bonds is 11. The average molecular weight is 482 g/mol. The lowest BCUT2D eigenvalue weighted by molar-refractivity contribution is -0.144. The molecular weight excluding hydrogens is 454 g/mol. The normalized spacial score (nSPS) is 10.6. The number of nitrogens with one attached hydrogen (secondary N) is 1. The fourth-order valence-electron chi connectivity index (χ4n) is 3.69. The van der Waals surface area contributed by atoms with Gasteiger partial charge in [-0.05, 0) is 12.1 Å². The molecule has 4 rings (SSSR count). The molecule has 182 valence electrons. The van der Waals surface area contributed by atoms with E-state index in [4.69, 9.17) is 9.84 Å². The number of esters is 1. The number of carbonyl (C=O) groups excluding carboxylic acids is 3. The lowest BCUT2D eigenvalue weighted by Crippen LogP contribution is -2.26. The minimum Gasteiger partial charge on any atom is -0.461 e. The summed E-state index contributed by atoms with van der Waals surface area (Å²) in [5, 5.41) is 7.38. The lowest BCUT2D eigenvalue weighted by Gasteiger charge is -2.07. The second kappa shape index (κ2) is 12.3. The third-order valence-corrected chi connectivity index (χ3v) is 5.57. The molecule has 4 aromatic rings. The van der Waals surface area contributed by atoms with Gasteiger partial charge in [-0.1, -0.05) is 78.9 Å². The van der Waals surface area contributed by atoms with Gasteiger partial charge in [-0.3, -0.25) is 14.4 Å². The number of hydrogen-bond donors (Lipinski definition) is 1. The van der Waals surface area contributed by atoms with Gasteiger partial charge in [-0.15, -0.1) is 0 Å². The Labute approximate surface area is 209 Å². The van der Waals surface area contributed by atoms with Gasteiger partial charge in [0.15, 0.2) is 5.78 Å². The van der Waals surface area contributed by atoms with Crippen LogP contribution in [0.5, 0.6) is 0 Å². The van der Waals surface area contributed by atoms with Crippen LogP contribution in [0.1, 0.15) is 35.2 Å². The Hall–Kier alpha value is -4.52. The van der Waals surface area contributed by atoms with Crippen molar-refractivity contribution >= 4 is 17.7 Å². The van der Waals surface area contributed by atoms with E-state index in [2.05, 4.69) is 5.32 Å². The largest absolute Gasteiger partial charge is 0.461 e. The fourth-order valence-corrected chi connectivity index (χ4v) is 3.69. The fraction of sp³-hybridized carbons (Fsp3) is 0.172. The first-order valence-corrected chi connectivity index (χ1v) is 11.8. The smallest absolute Gasteiger partial charge is 0.307 e. The van der Waals surface area contributed by atoms with Gasteiger partial charge >= 0.3 is 5.97 Å². The SMILES string of the molecule is O=C(CCC(=O)c1ccccc1)NCCC(=O)OCc1cn(-c2ccccc2)nc1-c1ccccc1. The van der Waals surface area contributed by atoms with Crippen molar-refractivity contribution in [1.82, 2.24) is 15.1 Å². The summed E-state index contributed by atoms with van der Waals surface area (Å²) >= 11 is 0. The minimum atomic E-state index is -0.429. The van der Waals surface area contributed by atoms with Crippen LogP contribution in [0.25, 0.3) is 16.9 Å². The maximum Gasteiger partial charge on any atom is 0.307 e. The van der Waals surface area contributed by atoms with Crippen molar-refractivity contribution in [1.29, 1.82) is 0 Å². The molecule has 0 unspecified atom stereocenters. The highest BCUT2D eigenvalue weighted by Gasteiger charge is 2.15. The van der Waals surface area contributed by atoms with Crippen LogP contribution in [0.4, 0.5) is 0 Å². The van der Waals surface area contributed by atoms with E-state index in [1.54, 1.807) is 28.9 Å². The Morgan fingerprint density at radius 1 is 0.778 bits per heavy atom. The molecule has 0 aliphatic carbocycles. The second-order valence-corrected chi connectivity index (χ2v) is 8.20. The molecule has 0 fully saturated rings. The summed E-state index contributed by atoms with van der Waals surface area (Å²) < 4.78 is 7.25. The number of ketones is 1. The Morgan fingerprint density at radius 2 is 1.42 bits per heavy atom. The number of carbonyl (C=O) groups is 3. The van der Waals surface area contributed by atoms with Crippen molar-refractivity contribution in [2.75, 3.05) is 6.54 Å². The van der Waals surface area contributed by atoms with Gasteiger partial charge in [-0.2, -0.15) is 5.10 Å². The molecule has 1 heterocycles. The molecule has 0 radical (unpaired) electrons. The van der Waals surface area contributed by atoms with Gasteiger partial charge in [0.1, 0.15) is 6.61 Å². The van der Waals surface area contributed by atoms with Crippen molar-refractivity contribution in [2.24, 2.45) is 0 Å². The molecule has 3 aromatic carbocycles. The zero-order chi connectivity index (χ0) is 25.2. The van der Waals surface area contributed by atoms with Crippen molar-refractivity contribution < 1.29 is 19.1 Å². The third-order valence-electron chi connectivity index (χ3n) is 5.57. The van der Waals surface area contributed by atoms with Crippen molar-refractivity contribution in [3.05, 3.63) is 108 Å². The predicted octanol–water partition coefficient (Wildman–Crippen LogP) is 4.75. The Bertz CT molecular complexity index is 1300. The molecule has 36 heavy (non-hydrogen) atoms. The van der Waals surface area contributed by atoms with Crippen molar-refractivity contribution in [3.8, 4) is 16.9 Å². The van der Waals surface area contributed by atoms with Gasteiger partial charge in [0, 0.05) is 42.3 Å². The van der Waals surface area contributed by atoms with E-state index in [1.807, 2.05) is 72.9 Å². The Kier molecular flexibility index (Phi) is 8.38. The molecule has 0 atom stereocenters. The summed E-state index contributed by atoms with van der Waals surface area (Å²) in [6.45, 7) is 0.210. The zero-order valence-electron chi connectivity index (χ0n) is 19.8. The Balaban J connectivity index is 1.27. The topological polar surface area (TPSA) is 90.3 Å². The summed E-state index contributed by atoms with van der Waals surface area (Å²) in [7, 11) is 0. The van der Waals surface area contributed by atoms with E-state index < -0.39 is 5.97 Å². The maximum atomic E-state index is 12.3.